The van der Waals surface area contributed by atoms with Crippen LogP contribution in [-0.2, 0) is 10.3 Å². The van der Waals surface area contributed by atoms with E-state index in [0.717, 1.165) is 32.2 Å². The smallest absolute Gasteiger partial charge is 0.167 e. The van der Waals surface area contributed by atoms with E-state index in [9.17, 15) is 10.4 Å². The number of ether oxygens (including phenoxy) is 1. The first-order valence-corrected chi connectivity index (χ1v) is 10.1. The van der Waals surface area contributed by atoms with Crippen LogP contribution < -0.4 is 5.32 Å². The fraction of sp³-hybridized carbons (Fsp3) is 0.682. The summed E-state index contributed by atoms with van der Waals surface area (Å²) in [5.74, 6) is 0. The molecule has 2 fully saturated rings. The summed E-state index contributed by atoms with van der Waals surface area (Å²) in [5.41, 5.74) is 0.663. The molecule has 2 aliphatic rings. The minimum Gasteiger partial charge on any atom is -0.369 e. The Balaban J connectivity index is 1.82. The highest BCUT2D eigenvalue weighted by molar-refractivity contribution is 5.26. The summed E-state index contributed by atoms with van der Waals surface area (Å²) in [7, 11) is 3.72. The summed E-state index contributed by atoms with van der Waals surface area (Å²) in [6.45, 7) is 5.55. The van der Waals surface area contributed by atoms with Crippen LogP contribution in [0.15, 0.2) is 30.3 Å². The molecule has 0 amide bonds. The van der Waals surface area contributed by atoms with E-state index in [4.69, 9.17) is 4.74 Å². The Labute approximate surface area is 169 Å². The Morgan fingerprint density at radius 1 is 1.25 bits per heavy atom. The van der Waals surface area contributed by atoms with Crippen molar-refractivity contribution >= 4 is 0 Å². The zero-order valence-corrected chi connectivity index (χ0v) is 17.6. The van der Waals surface area contributed by atoms with E-state index >= 15 is 0 Å². The summed E-state index contributed by atoms with van der Waals surface area (Å²) < 4.78 is 5.45. The van der Waals surface area contributed by atoms with Crippen LogP contribution in [0.25, 0.3) is 0 Å². The first-order chi connectivity index (χ1) is 13.3. The number of nitrogens with one attached hydrogen (secondary N) is 1. The quantitative estimate of drug-likeness (QED) is 0.783. The standard InChI is InChI=1S/C22H34N4O2/c1-20(2,14-23)15-25-16-21(26(17-28-4)19(25)27)10-12-22(24-3,13-11-21)18-8-6-5-7-9-18/h5-9,19,24,27H,10-13,15-17H2,1-4H3. The van der Waals surface area contributed by atoms with Gasteiger partial charge in [0.2, 0.25) is 0 Å². The number of methoxy groups -OCH3 is 1. The molecule has 28 heavy (non-hydrogen) atoms. The number of benzene rings is 1. The third kappa shape index (κ3) is 3.83. The van der Waals surface area contributed by atoms with Gasteiger partial charge in [0.25, 0.3) is 0 Å². The lowest BCUT2D eigenvalue weighted by molar-refractivity contribution is -0.132. The van der Waals surface area contributed by atoms with Crippen molar-refractivity contribution in [2.45, 2.75) is 57.0 Å². The summed E-state index contributed by atoms with van der Waals surface area (Å²) >= 11 is 0. The van der Waals surface area contributed by atoms with E-state index < -0.39 is 11.8 Å². The summed E-state index contributed by atoms with van der Waals surface area (Å²) in [6.07, 6.45) is 3.21. The maximum Gasteiger partial charge on any atom is 0.167 e. The van der Waals surface area contributed by atoms with Crippen LogP contribution in [0.5, 0.6) is 0 Å². The fourth-order valence-electron chi connectivity index (χ4n) is 5.04. The summed E-state index contributed by atoms with van der Waals surface area (Å²) in [4.78, 5) is 4.13. The number of aliphatic hydroxyl groups is 1. The summed E-state index contributed by atoms with van der Waals surface area (Å²) in [5, 5.41) is 24.0. The second-order valence-corrected chi connectivity index (χ2v) is 9.06. The van der Waals surface area contributed by atoms with Crippen LogP contribution >= 0.6 is 0 Å². The molecule has 6 nitrogen and oxygen atoms in total. The molecular weight excluding hydrogens is 352 g/mol. The van der Waals surface area contributed by atoms with Gasteiger partial charge < -0.3 is 15.2 Å². The molecule has 1 saturated carbocycles. The SMILES string of the molecule is CNC1(c2ccccc2)CCC2(CC1)CN(CC(C)(C)C#N)C(O)N2COC. The van der Waals surface area contributed by atoms with Crippen molar-refractivity contribution in [3.05, 3.63) is 35.9 Å². The van der Waals surface area contributed by atoms with Gasteiger partial charge in [-0.2, -0.15) is 5.26 Å². The van der Waals surface area contributed by atoms with Gasteiger partial charge in [-0.25, -0.2) is 4.90 Å². The number of hydrogen-bond acceptors (Lipinski definition) is 6. The predicted octanol–water partition coefficient (Wildman–Crippen LogP) is 2.46. The van der Waals surface area contributed by atoms with Crippen LogP contribution in [-0.4, -0.2) is 60.8 Å². The zero-order valence-electron chi connectivity index (χ0n) is 17.6. The topological polar surface area (TPSA) is 71.8 Å². The summed E-state index contributed by atoms with van der Waals surface area (Å²) in [6, 6.07) is 13.0. The lowest BCUT2D eigenvalue weighted by Crippen LogP contribution is -2.56. The molecule has 0 radical (unpaired) electrons. The van der Waals surface area contributed by atoms with E-state index in [1.165, 1.54) is 5.56 Å². The van der Waals surface area contributed by atoms with E-state index in [2.05, 4.69) is 46.6 Å². The minimum absolute atomic E-state index is 0.0322. The highest BCUT2D eigenvalue weighted by atomic mass is 16.5. The van der Waals surface area contributed by atoms with Crippen LogP contribution in [0.2, 0.25) is 0 Å². The Morgan fingerprint density at radius 3 is 2.43 bits per heavy atom. The van der Waals surface area contributed by atoms with Gasteiger partial charge in [0.05, 0.1) is 11.5 Å². The van der Waals surface area contributed by atoms with Crippen molar-refractivity contribution in [3.8, 4) is 6.07 Å². The average Bonchev–Trinajstić information content (AvgIpc) is 2.95. The number of nitriles is 1. The molecule has 1 spiro atoms. The van der Waals surface area contributed by atoms with E-state index in [-0.39, 0.29) is 11.1 Å². The van der Waals surface area contributed by atoms with Gasteiger partial charge >= 0.3 is 0 Å². The second-order valence-electron chi connectivity index (χ2n) is 9.06. The molecule has 154 valence electrons. The lowest BCUT2D eigenvalue weighted by Gasteiger charge is -2.48. The number of rotatable bonds is 6. The molecule has 1 aromatic rings. The van der Waals surface area contributed by atoms with Crippen molar-refractivity contribution in [1.29, 1.82) is 5.26 Å². The van der Waals surface area contributed by atoms with Crippen molar-refractivity contribution in [2.24, 2.45) is 5.41 Å². The molecule has 1 saturated heterocycles. The van der Waals surface area contributed by atoms with Crippen LogP contribution in [0, 0.1) is 16.7 Å². The maximum absolute atomic E-state index is 11.0. The monoisotopic (exact) mass is 386 g/mol. The maximum atomic E-state index is 11.0. The predicted molar refractivity (Wildman–Crippen MR) is 109 cm³/mol. The van der Waals surface area contributed by atoms with Crippen molar-refractivity contribution in [3.63, 3.8) is 0 Å². The van der Waals surface area contributed by atoms with Gasteiger partial charge in [0.15, 0.2) is 6.35 Å². The largest absolute Gasteiger partial charge is 0.369 e. The molecule has 1 unspecified atom stereocenters. The Kier molecular flexibility index (Phi) is 6.14. The van der Waals surface area contributed by atoms with Crippen molar-refractivity contribution in [2.75, 3.05) is 34.0 Å². The first kappa shape index (κ1) is 21.2. The normalized spacial score (nSPS) is 31.9. The molecule has 2 N–H and O–H groups in total. The molecule has 1 aliphatic carbocycles. The van der Waals surface area contributed by atoms with Gasteiger partial charge in [-0.1, -0.05) is 30.3 Å². The molecule has 3 rings (SSSR count). The molecule has 1 aromatic carbocycles. The molecule has 1 atom stereocenters. The van der Waals surface area contributed by atoms with Crippen molar-refractivity contribution < 1.29 is 9.84 Å². The third-order valence-corrected chi connectivity index (χ3v) is 6.72. The van der Waals surface area contributed by atoms with Gasteiger partial charge in [-0.3, -0.25) is 4.90 Å². The average molecular weight is 387 g/mol. The van der Waals surface area contributed by atoms with E-state index in [1.54, 1.807) is 7.11 Å². The lowest BCUT2D eigenvalue weighted by atomic mass is 9.69. The molecule has 1 heterocycles. The Bertz CT molecular complexity index is 692. The fourth-order valence-corrected chi connectivity index (χ4v) is 5.04. The number of nitrogens with zero attached hydrogens (tertiary/aromatic N) is 3. The van der Waals surface area contributed by atoms with E-state index in [0.29, 0.717) is 13.3 Å². The van der Waals surface area contributed by atoms with Gasteiger partial charge in [-0.15, -0.1) is 0 Å². The van der Waals surface area contributed by atoms with Gasteiger partial charge in [0.1, 0.15) is 6.73 Å². The molecule has 1 aliphatic heterocycles. The third-order valence-electron chi connectivity index (χ3n) is 6.72. The van der Waals surface area contributed by atoms with Crippen LogP contribution in [0.3, 0.4) is 0 Å². The highest BCUT2D eigenvalue weighted by Crippen LogP contribution is 2.47. The highest BCUT2D eigenvalue weighted by Gasteiger charge is 2.54. The van der Waals surface area contributed by atoms with Crippen LogP contribution in [0.4, 0.5) is 0 Å². The molecule has 0 bridgehead atoms. The van der Waals surface area contributed by atoms with Gasteiger partial charge in [0, 0.05) is 31.3 Å². The molecule has 6 heteroatoms. The van der Waals surface area contributed by atoms with Gasteiger partial charge in [-0.05, 0) is 52.1 Å². The minimum atomic E-state index is -0.716. The second kappa shape index (κ2) is 8.10. The Morgan fingerprint density at radius 2 is 1.89 bits per heavy atom. The number of hydrogen-bond donors (Lipinski definition) is 2. The van der Waals surface area contributed by atoms with Crippen molar-refractivity contribution in [1.82, 2.24) is 15.1 Å². The van der Waals surface area contributed by atoms with E-state index in [1.807, 2.05) is 25.8 Å². The Hall–Kier alpha value is -1.49. The number of aliphatic hydroxyl groups excluding tert-OH is 1. The molecular formula is C22H34N4O2. The first-order valence-electron chi connectivity index (χ1n) is 10.1. The molecule has 0 aromatic heterocycles. The van der Waals surface area contributed by atoms with Crippen LogP contribution in [0.1, 0.15) is 45.1 Å². The zero-order chi connectivity index (χ0) is 20.4.